The van der Waals surface area contributed by atoms with Crippen LogP contribution in [0.2, 0.25) is 0 Å². The molecule has 0 aliphatic carbocycles. The van der Waals surface area contributed by atoms with Crippen LogP contribution in [-0.4, -0.2) is 29.4 Å². The van der Waals surface area contributed by atoms with Crippen LogP contribution in [0.15, 0.2) is 22.9 Å². The van der Waals surface area contributed by atoms with Crippen LogP contribution in [0.25, 0.3) is 0 Å². The lowest BCUT2D eigenvalue weighted by Gasteiger charge is -2.22. The largest absolute Gasteiger partial charge is 0.466 e. The number of nitrogens with zero attached hydrogens (tertiary/aromatic N) is 1. The molecule has 22 heavy (non-hydrogen) atoms. The van der Waals surface area contributed by atoms with E-state index in [-0.39, 0.29) is 23.2 Å². The summed E-state index contributed by atoms with van der Waals surface area (Å²) in [5.41, 5.74) is 0.918. The summed E-state index contributed by atoms with van der Waals surface area (Å²) in [5.74, 6) is -0.242. The van der Waals surface area contributed by atoms with Crippen LogP contribution < -0.4 is 4.72 Å². The van der Waals surface area contributed by atoms with E-state index in [1.807, 2.05) is 6.07 Å². The highest BCUT2D eigenvalue weighted by atomic mass is 79.9. The molecule has 1 heterocycles. The first-order chi connectivity index (χ1) is 10.3. The summed E-state index contributed by atoms with van der Waals surface area (Å²) in [6.45, 7) is 8.45. The van der Waals surface area contributed by atoms with Crippen LogP contribution in [0.4, 0.5) is 0 Å². The molecule has 5 nitrogen and oxygen atoms in total. The van der Waals surface area contributed by atoms with Gasteiger partial charge in [0.15, 0.2) is 4.75 Å². The third-order valence-electron chi connectivity index (χ3n) is 2.78. The van der Waals surface area contributed by atoms with E-state index in [0.717, 1.165) is 10.0 Å². The molecule has 0 aliphatic heterocycles. The van der Waals surface area contributed by atoms with Gasteiger partial charge in [0, 0.05) is 16.9 Å². The Balaban J connectivity index is 2.98. The molecule has 0 fully saturated rings. The van der Waals surface area contributed by atoms with E-state index in [2.05, 4.69) is 46.4 Å². The number of hydrogen-bond donors (Lipinski definition) is 1. The van der Waals surface area contributed by atoms with Gasteiger partial charge in [0.05, 0.1) is 26.2 Å². The standard InChI is InChI=1S/C15H24BrN2O3S/c1-6-21-14(19)8-13(11-7-12(16)10-17-9-11)18-22(20-5)15(2,3)4/h7,9-10,13,18H,6,8H2,1-5H3/q+1. The zero-order valence-corrected chi connectivity index (χ0v) is 16.1. The molecule has 0 aliphatic rings. The van der Waals surface area contributed by atoms with Gasteiger partial charge in [-0.3, -0.25) is 9.78 Å². The monoisotopic (exact) mass is 391 g/mol. The molecule has 0 bridgehead atoms. The van der Waals surface area contributed by atoms with Gasteiger partial charge >= 0.3 is 5.97 Å². The molecule has 0 radical (unpaired) electrons. The Bertz CT molecular complexity index is 494. The summed E-state index contributed by atoms with van der Waals surface area (Å²) in [5, 5.41) is 0. The van der Waals surface area contributed by atoms with Crippen molar-refractivity contribution in [2.75, 3.05) is 13.7 Å². The van der Waals surface area contributed by atoms with Crippen molar-refractivity contribution in [2.24, 2.45) is 0 Å². The highest BCUT2D eigenvalue weighted by Gasteiger charge is 2.40. The van der Waals surface area contributed by atoms with Gasteiger partial charge in [-0.05, 0) is 55.3 Å². The van der Waals surface area contributed by atoms with E-state index < -0.39 is 11.4 Å². The minimum atomic E-state index is -0.507. The first kappa shape index (κ1) is 19.4. The molecular formula is C15H24BrN2O3S+. The molecule has 1 rings (SSSR count). The smallest absolute Gasteiger partial charge is 0.307 e. The normalized spacial score (nSPS) is 14.5. The summed E-state index contributed by atoms with van der Waals surface area (Å²) < 4.78 is 14.9. The highest BCUT2D eigenvalue weighted by molar-refractivity contribution is 9.10. The van der Waals surface area contributed by atoms with E-state index in [1.165, 1.54) is 0 Å². The first-order valence-electron chi connectivity index (χ1n) is 7.09. The summed E-state index contributed by atoms with van der Waals surface area (Å²) >= 11 is 2.91. The zero-order valence-electron chi connectivity index (χ0n) is 13.7. The van der Waals surface area contributed by atoms with Gasteiger partial charge in [0.2, 0.25) is 11.4 Å². The molecule has 0 saturated carbocycles. The average Bonchev–Trinajstić information content (AvgIpc) is 2.42. The van der Waals surface area contributed by atoms with Gasteiger partial charge in [-0.25, -0.2) is 0 Å². The van der Waals surface area contributed by atoms with Gasteiger partial charge in [-0.2, -0.15) is 4.18 Å². The molecule has 7 heteroatoms. The van der Waals surface area contributed by atoms with Crippen LogP contribution in [0.5, 0.6) is 0 Å². The number of halogens is 1. The second-order valence-electron chi connectivity index (χ2n) is 5.66. The van der Waals surface area contributed by atoms with Gasteiger partial charge in [0.1, 0.15) is 0 Å². The number of aromatic nitrogens is 1. The molecule has 1 N–H and O–H groups in total. The van der Waals surface area contributed by atoms with Crippen LogP contribution in [-0.2, 0) is 25.1 Å². The lowest BCUT2D eigenvalue weighted by molar-refractivity contribution is -0.143. The Kier molecular flexibility index (Phi) is 7.82. The number of carbonyl (C=O) groups excluding carboxylic acids is 1. The van der Waals surface area contributed by atoms with Crippen molar-refractivity contribution in [3.8, 4) is 0 Å². The zero-order chi connectivity index (χ0) is 16.8. The summed E-state index contributed by atoms with van der Waals surface area (Å²) in [7, 11) is 1.67. The summed E-state index contributed by atoms with van der Waals surface area (Å²) in [4.78, 5) is 16.1. The molecule has 0 aromatic carbocycles. The predicted octanol–water partition coefficient (Wildman–Crippen LogP) is 3.32. The molecule has 0 amide bonds. The number of carbonyl (C=O) groups is 1. The van der Waals surface area contributed by atoms with E-state index in [9.17, 15) is 4.79 Å². The van der Waals surface area contributed by atoms with Gasteiger partial charge in [-0.15, -0.1) is 0 Å². The van der Waals surface area contributed by atoms with E-state index in [4.69, 9.17) is 8.92 Å². The van der Waals surface area contributed by atoms with Crippen molar-refractivity contribution >= 4 is 33.3 Å². The van der Waals surface area contributed by atoms with E-state index >= 15 is 0 Å². The maximum atomic E-state index is 11.9. The third-order valence-corrected chi connectivity index (χ3v) is 5.15. The Morgan fingerprint density at radius 3 is 2.64 bits per heavy atom. The molecule has 2 atom stereocenters. The molecule has 2 unspecified atom stereocenters. The van der Waals surface area contributed by atoms with Crippen LogP contribution in [0.3, 0.4) is 0 Å². The van der Waals surface area contributed by atoms with Crippen molar-refractivity contribution in [1.29, 1.82) is 0 Å². The second kappa shape index (κ2) is 8.86. The Morgan fingerprint density at radius 1 is 1.45 bits per heavy atom. The van der Waals surface area contributed by atoms with Gasteiger partial charge in [-0.1, -0.05) is 4.72 Å². The number of hydrogen-bond acceptors (Lipinski definition) is 5. The number of rotatable bonds is 7. The minimum absolute atomic E-state index is 0.0822. The van der Waals surface area contributed by atoms with Gasteiger partial charge in [0.25, 0.3) is 0 Å². The summed E-state index contributed by atoms with van der Waals surface area (Å²) in [6, 6.07) is 1.73. The van der Waals surface area contributed by atoms with Gasteiger partial charge < -0.3 is 4.74 Å². The summed E-state index contributed by atoms with van der Waals surface area (Å²) in [6.07, 6.45) is 3.70. The van der Waals surface area contributed by atoms with E-state index in [0.29, 0.717) is 6.61 Å². The number of esters is 1. The fourth-order valence-corrected chi connectivity index (χ4v) is 3.65. The second-order valence-corrected chi connectivity index (χ2v) is 8.91. The van der Waals surface area contributed by atoms with Crippen LogP contribution in [0.1, 0.15) is 45.7 Å². The fraction of sp³-hybridized carbons (Fsp3) is 0.600. The van der Waals surface area contributed by atoms with Crippen molar-refractivity contribution in [3.05, 3.63) is 28.5 Å². The van der Waals surface area contributed by atoms with Crippen LogP contribution in [0, 0.1) is 0 Å². The maximum Gasteiger partial charge on any atom is 0.307 e. The Labute approximate surface area is 144 Å². The number of ether oxygens (including phenoxy) is 1. The molecule has 0 spiro atoms. The quantitative estimate of drug-likeness (QED) is 0.570. The molecule has 1 aromatic rings. The van der Waals surface area contributed by atoms with Crippen molar-refractivity contribution in [1.82, 2.24) is 9.71 Å². The average molecular weight is 392 g/mol. The van der Waals surface area contributed by atoms with Crippen LogP contribution >= 0.6 is 15.9 Å². The molecule has 0 saturated heterocycles. The first-order valence-corrected chi connectivity index (χ1v) is 9.03. The third kappa shape index (κ3) is 6.24. The molecule has 1 aromatic heterocycles. The fourth-order valence-electron chi connectivity index (χ4n) is 1.84. The maximum absolute atomic E-state index is 11.9. The number of pyridine rings is 1. The lowest BCUT2D eigenvalue weighted by Crippen LogP contribution is -2.43. The SMILES string of the molecule is CCOC(=O)CC(N[S+](OC)C(C)(C)C)c1cncc(Br)c1. The minimum Gasteiger partial charge on any atom is -0.466 e. The van der Waals surface area contributed by atoms with Crippen molar-refractivity contribution < 1.29 is 13.7 Å². The number of nitrogens with one attached hydrogen (secondary N) is 1. The molecule has 124 valence electrons. The Hall–Kier alpha value is -0.630. The topological polar surface area (TPSA) is 60.5 Å². The molecular weight excluding hydrogens is 368 g/mol. The van der Waals surface area contributed by atoms with E-state index in [1.54, 1.807) is 26.4 Å². The lowest BCUT2D eigenvalue weighted by atomic mass is 10.1. The Morgan fingerprint density at radius 2 is 2.14 bits per heavy atom. The highest BCUT2D eigenvalue weighted by Crippen LogP contribution is 2.25. The van der Waals surface area contributed by atoms with Crippen molar-refractivity contribution in [2.45, 2.75) is 44.9 Å². The predicted molar refractivity (Wildman–Crippen MR) is 93.2 cm³/mol. The van der Waals surface area contributed by atoms with Crippen molar-refractivity contribution in [3.63, 3.8) is 0 Å².